The second-order valence-corrected chi connectivity index (χ2v) is 7.68. The Morgan fingerprint density at radius 2 is 2.15 bits per heavy atom. The lowest BCUT2D eigenvalue weighted by molar-refractivity contribution is -0.139. The lowest BCUT2D eigenvalue weighted by atomic mass is 10.0. The van der Waals surface area contributed by atoms with E-state index in [0.717, 1.165) is 6.42 Å². The summed E-state index contributed by atoms with van der Waals surface area (Å²) in [5, 5.41) is 12.8. The number of carbonyl (C=O) groups is 2. The predicted molar refractivity (Wildman–Crippen MR) is 84.5 cm³/mol. The van der Waals surface area contributed by atoms with Crippen LogP contribution in [0.25, 0.3) is 0 Å². The van der Waals surface area contributed by atoms with Crippen LogP contribution in [0.3, 0.4) is 0 Å². The lowest BCUT2D eigenvalue weighted by Gasteiger charge is -2.29. The van der Waals surface area contributed by atoms with Crippen molar-refractivity contribution in [2.75, 3.05) is 26.3 Å². The second-order valence-electron chi connectivity index (χ2n) is 6.68. The highest BCUT2D eigenvalue weighted by molar-refractivity contribution is 7.80. The van der Waals surface area contributed by atoms with Gasteiger partial charge in [0.05, 0.1) is 12.6 Å². The molecule has 0 aromatic rings. The van der Waals surface area contributed by atoms with Crippen LogP contribution >= 0.6 is 0 Å². The van der Waals surface area contributed by atoms with E-state index in [4.69, 9.17) is 14.5 Å². The molecule has 3 heterocycles. The number of aliphatic hydroxyl groups is 1. The van der Waals surface area contributed by atoms with Crippen LogP contribution in [0.5, 0.6) is 0 Å². The Morgan fingerprint density at radius 3 is 2.81 bits per heavy atom. The minimum absolute atomic E-state index is 0.0234. The second kappa shape index (κ2) is 7.62. The Bertz CT molecular complexity index is 659. The van der Waals surface area contributed by atoms with Gasteiger partial charge in [0.1, 0.15) is 6.04 Å². The van der Waals surface area contributed by atoms with Crippen molar-refractivity contribution in [3.63, 3.8) is 0 Å². The molecule has 0 aromatic carbocycles. The molecule has 0 aromatic heterocycles. The molecule has 13 heteroatoms. The number of rotatable bonds is 7. The fourth-order valence-electron chi connectivity index (χ4n) is 3.55. The summed E-state index contributed by atoms with van der Waals surface area (Å²) in [6.45, 7) is 1.13. The van der Waals surface area contributed by atoms with Gasteiger partial charge < -0.3 is 15.3 Å². The summed E-state index contributed by atoms with van der Waals surface area (Å²) in [5.41, 5.74) is 2.32. The molecule has 3 saturated heterocycles. The van der Waals surface area contributed by atoms with Crippen molar-refractivity contribution in [3.8, 4) is 0 Å². The van der Waals surface area contributed by atoms with Gasteiger partial charge in [0.15, 0.2) is 0 Å². The Kier molecular flexibility index (Phi) is 5.64. The first-order valence-corrected chi connectivity index (χ1v) is 9.67. The molecule has 12 nitrogen and oxygen atoms in total. The van der Waals surface area contributed by atoms with Crippen molar-refractivity contribution in [3.05, 3.63) is 0 Å². The summed E-state index contributed by atoms with van der Waals surface area (Å²) >= 11 is 0. The molecular weight excluding hydrogens is 372 g/mol. The van der Waals surface area contributed by atoms with E-state index in [0.29, 0.717) is 24.4 Å². The maximum Gasteiger partial charge on any atom is 0.418 e. The highest BCUT2D eigenvalue weighted by Gasteiger charge is 2.49. The monoisotopic (exact) mass is 394 g/mol. The topological polar surface area (TPSA) is 158 Å². The van der Waals surface area contributed by atoms with Crippen molar-refractivity contribution in [2.24, 2.45) is 5.92 Å². The van der Waals surface area contributed by atoms with E-state index in [1.165, 1.54) is 4.90 Å². The van der Waals surface area contributed by atoms with Crippen LogP contribution in [0.4, 0.5) is 4.79 Å². The van der Waals surface area contributed by atoms with Gasteiger partial charge in [-0.2, -0.15) is 13.5 Å². The summed E-state index contributed by atoms with van der Waals surface area (Å²) in [4.78, 5) is 30.9. The summed E-state index contributed by atoms with van der Waals surface area (Å²) in [6, 6.07) is -2.13. The highest BCUT2D eigenvalue weighted by atomic mass is 32.3. The van der Waals surface area contributed by atoms with Gasteiger partial charge in [0.2, 0.25) is 0 Å². The third-order valence-electron chi connectivity index (χ3n) is 4.83. The molecule has 3 aliphatic heterocycles. The number of nitrogens with one attached hydrogen (secondary N) is 2. The smallest absolute Gasteiger partial charge is 0.396 e. The van der Waals surface area contributed by atoms with Crippen molar-refractivity contribution in [1.29, 1.82) is 0 Å². The first kappa shape index (κ1) is 19.3. The largest absolute Gasteiger partial charge is 0.418 e. The van der Waals surface area contributed by atoms with E-state index in [1.807, 2.05) is 0 Å². The van der Waals surface area contributed by atoms with Crippen LogP contribution in [0.15, 0.2) is 0 Å². The van der Waals surface area contributed by atoms with E-state index in [-0.39, 0.29) is 31.7 Å². The number of hydrogen-bond donors (Lipinski definition) is 4. The molecular formula is C13H22N4O8S. The Morgan fingerprint density at radius 1 is 1.38 bits per heavy atom. The first-order chi connectivity index (χ1) is 12.3. The minimum atomic E-state index is -4.82. The average molecular weight is 394 g/mol. The quantitative estimate of drug-likeness (QED) is 0.283. The first-order valence-electron chi connectivity index (χ1n) is 8.31. The Hall–Kier alpha value is -1.51. The molecule has 0 spiro atoms. The van der Waals surface area contributed by atoms with E-state index < -0.39 is 34.4 Å². The van der Waals surface area contributed by atoms with Gasteiger partial charge in [-0.1, -0.05) is 0 Å². The fraction of sp³-hybridized carbons (Fsp3) is 0.846. The van der Waals surface area contributed by atoms with Crippen molar-refractivity contribution < 1.29 is 36.8 Å². The number of piperidine rings is 1. The molecule has 0 radical (unpaired) electrons. The van der Waals surface area contributed by atoms with Crippen molar-refractivity contribution in [2.45, 2.75) is 37.4 Å². The molecule has 4 atom stereocenters. The van der Waals surface area contributed by atoms with E-state index in [9.17, 15) is 18.0 Å². The predicted octanol–water partition coefficient (Wildman–Crippen LogP) is -1.99. The normalized spacial score (nSPS) is 31.5. The number of fused-ring (bicyclic) bond motifs is 2. The van der Waals surface area contributed by atoms with Crippen LogP contribution in [0, 0.1) is 5.92 Å². The standard InChI is InChI=1S/C13H22N4O8S/c18-6-8-3-9(14-4-8)7-24-15-12(19)11-2-1-10-5-16(11)13(20)17(10)25-26(21,22)23/h8-11,14,18H,1-7H2,(H,15,19)(H,21,22,23)/t8-,9+,10?,11?/m0/s1. The number of nitrogens with zero attached hydrogens (tertiary/aromatic N) is 2. The number of carbonyl (C=O) groups excluding carboxylic acids is 2. The highest BCUT2D eigenvalue weighted by Crippen LogP contribution is 2.30. The zero-order valence-corrected chi connectivity index (χ0v) is 14.7. The molecule has 3 rings (SSSR count). The van der Waals surface area contributed by atoms with Crippen molar-refractivity contribution >= 4 is 22.3 Å². The van der Waals surface area contributed by atoms with Gasteiger partial charge in [0, 0.05) is 25.7 Å². The summed E-state index contributed by atoms with van der Waals surface area (Å²) < 4.78 is 34.8. The molecule has 26 heavy (non-hydrogen) atoms. The molecule has 4 N–H and O–H groups in total. The molecule has 3 aliphatic rings. The van der Waals surface area contributed by atoms with Gasteiger partial charge in [-0.3, -0.25) is 14.2 Å². The number of amides is 3. The van der Waals surface area contributed by atoms with Gasteiger partial charge >= 0.3 is 16.4 Å². The molecule has 3 fully saturated rings. The number of aliphatic hydroxyl groups excluding tert-OH is 1. The zero-order chi connectivity index (χ0) is 18.9. The van der Waals surface area contributed by atoms with Crippen LogP contribution < -0.4 is 10.8 Å². The fourth-order valence-corrected chi connectivity index (χ4v) is 3.94. The van der Waals surface area contributed by atoms with Gasteiger partial charge in [-0.15, -0.1) is 4.28 Å². The maximum absolute atomic E-state index is 12.3. The summed E-state index contributed by atoms with van der Waals surface area (Å²) in [6.07, 6.45) is 1.40. The minimum Gasteiger partial charge on any atom is -0.396 e. The Labute approximate surface area is 150 Å². The van der Waals surface area contributed by atoms with Gasteiger partial charge in [0.25, 0.3) is 5.91 Å². The number of hydroxylamine groups is 3. The lowest BCUT2D eigenvalue weighted by Crippen LogP contribution is -2.50. The zero-order valence-electron chi connectivity index (χ0n) is 13.9. The van der Waals surface area contributed by atoms with Crippen molar-refractivity contribution in [1.82, 2.24) is 20.8 Å². The number of hydrogen-bond acceptors (Lipinski definition) is 8. The van der Waals surface area contributed by atoms with E-state index in [2.05, 4.69) is 15.1 Å². The SMILES string of the molecule is O=C(NOC[C@H]1C[C@H](CO)CN1)C1CCC2CN1C(=O)N2OS(=O)(=O)O. The average Bonchev–Trinajstić information content (AvgIpc) is 3.13. The maximum atomic E-state index is 12.3. The van der Waals surface area contributed by atoms with Crippen LogP contribution in [0.1, 0.15) is 19.3 Å². The van der Waals surface area contributed by atoms with Gasteiger partial charge in [-0.25, -0.2) is 10.3 Å². The molecule has 0 saturated carbocycles. The molecule has 2 unspecified atom stereocenters. The number of urea groups is 1. The molecule has 148 valence electrons. The van der Waals surface area contributed by atoms with Gasteiger partial charge in [-0.05, 0) is 25.2 Å². The third kappa shape index (κ3) is 4.24. The Balaban J connectivity index is 1.49. The summed E-state index contributed by atoms with van der Waals surface area (Å²) in [5.74, 6) is -0.340. The third-order valence-corrected chi connectivity index (χ3v) is 5.18. The van der Waals surface area contributed by atoms with E-state index >= 15 is 0 Å². The summed E-state index contributed by atoms with van der Waals surface area (Å²) in [7, 11) is -4.82. The van der Waals surface area contributed by atoms with Crippen LogP contribution in [-0.2, 0) is 24.3 Å². The molecule has 2 bridgehead atoms. The molecule has 0 aliphatic carbocycles. The molecule has 3 amide bonds. The van der Waals surface area contributed by atoms with Crippen LogP contribution in [0.2, 0.25) is 0 Å². The van der Waals surface area contributed by atoms with E-state index in [1.54, 1.807) is 0 Å². The van der Waals surface area contributed by atoms with Crippen LogP contribution in [-0.4, -0.2) is 84.4 Å².